The number of nitrogens with one attached hydrogen (secondary N) is 2. The normalized spacial score (nSPS) is 18.0. The van der Waals surface area contributed by atoms with E-state index >= 15 is 0 Å². The summed E-state index contributed by atoms with van der Waals surface area (Å²) in [5.74, 6) is 0.793. The molecule has 2 N–H and O–H groups in total. The smallest absolute Gasteiger partial charge is 0.316 e. The largest absolute Gasteiger partial charge is 0.460 e. The summed E-state index contributed by atoms with van der Waals surface area (Å²) in [6, 6.07) is 18.2. The maximum atomic E-state index is 12.5. The van der Waals surface area contributed by atoms with Crippen molar-refractivity contribution in [1.29, 1.82) is 0 Å². The number of fused-ring (bicyclic) bond motifs is 1. The van der Waals surface area contributed by atoms with E-state index in [1.165, 1.54) is 0 Å². The van der Waals surface area contributed by atoms with Crippen LogP contribution in [0.5, 0.6) is 6.01 Å². The number of carbonyl (C=O) groups is 1. The average Bonchev–Trinajstić information content (AvgIpc) is 3.19. The molecule has 2 aromatic carbocycles. The number of carbonyl (C=O) groups excluding carboxylic acids is 1. The highest BCUT2D eigenvalue weighted by molar-refractivity contribution is 5.95. The third kappa shape index (κ3) is 3.87. The van der Waals surface area contributed by atoms with Crippen molar-refractivity contribution in [1.82, 2.24) is 20.2 Å². The number of rotatable bonds is 6. The molecule has 0 radical (unpaired) electrons. The van der Waals surface area contributed by atoms with E-state index in [4.69, 9.17) is 4.74 Å². The Hall–Kier alpha value is -3.74. The second kappa shape index (κ2) is 7.94. The lowest BCUT2D eigenvalue weighted by Crippen LogP contribution is -2.33. The zero-order valence-corrected chi connectivity index (χ0v) is 16.3. The minimum Gasteiger partial charge on any atom is -0.460 e. The molecule has 150 valence electrons. The Balaban J connectivity index is 1.17. The second-order valence-corrected chi connectivity index (χ2v) is 7.51. The van der Waals surface area contributed by atoms with Gasteiger partial charge < -0.3 is 10.1 Å². The highest BCUT2D eigenvalue weighted by atomic mass is 16.5. The molecule has 2 aromatic heterocycles. The minimum absolute atomic E-state index is 0.0829. The number of ether oxygens (including phenoxy) is 1. The van der Waals surface area contributed by atoms with Gasteiger partial charge in [0.25, 0.3) is 0 Å². The molecule has 7 nitrogen and oxygen atoms in total. The van der Waals surface area contributed by atoms with Gasteiger partial charge in [-0.2, -0.15) is 5.10 Å². The Morgan fingerprint density at radius 1 is 1.07 bits per heavy atom. The molecule has 1 aliphatic carbocycles. The summed E-state index contributed by atoms with van der Waals surface area (Å²) in [4.78, 5) is 20.7. The second-order valence-electron chi connectivity index (χ2n) is 7.51. The van der Waals surface area contributed by atoms with Crippen LogP contribution in [-0.4, -0.2) is 32.2 Å². The Morgan fingerprint density at radius 2 is 1.87 bits per heavy atom. The Bertz CT molecular complexity index is 1160. The van der Waals surface area contributed by atoms with Gasteiger partial charge in [-0.15, -0.1) is 0 Å². The molecule has 2 heterocycles. The van der Waals surface area contributed by atoms with Gasteiger partial charge in [0.2, 0.25) is 5.91 Å². The van der Waals surface area contributed by atoms with E-state index in [-0.39, 0.29) is 12.0 Å². The Labute approximate surface area is 173 Å². The number of benzene rings is 2. The van der Waals surface area contributed by atoms with Crippen LogP contribution in [0.1, 0.15) is 30.0 Å². The van der Waals surface area contributed by atoms with E-state index < -0.39 is 0 Å². The molecule has 0 spiro atoms. The predicted octanol–water partition coefficient (Wildman–Crippen LogP) is 3.86. The molecule has 1 saturated carbocycles. The predicted molar refractivity (Wildman–Crippen MR) is 113 cm³/mol. The molecular weight excluding hydrogens is 378 g/mol. The van der Waals surface area contributed by atoms with Crippen molar-refractivity contribution < 1.29 is 9.53 Å². The monoisotopic (exact) mass is 399 g/mol. The molecule has 30 heavy (non-hydrogen) atoms. The van der Waals surface area contributed by atoms with Crippen molar-refractivity contribution in [3.05, 3.63) is 78.2 Å². The van der Waals surface area contributed by atoms with Crippen molar-refractivity contribution in [2.24, 2.45) is 0 Å². The van der Waals surface area contributed by atoms with Crippen LogP contribution in [-0.2, 0) is 11.2 Å². The molecule has 4 aromatic rings. The van der Waals surface area contributed by atoms with Gasteiger partial charge in [0.05, 0.1) is 6.42 Å². The number of hydrogen-bond donors (Lipinski definition) is 2. The standard InChI is InChI=1S/C23H21N5O2/c29-22(13-16-7-3-6-15-5-1-2-8-19(15)16)26-21-14-20(27-28-21)17-11-18(12-17)30-23-24-9-4-10-25-23/h1-10,14,17-18H,11-13H2,(H2,26,27,28,29). The lowest BCUT2D eigenvalue weighted by molar-refractivity contribution is -0.115. The maximum Gasteiger partial charge on any atom is 0.316 e. The summed E-state index contributed by atoms with van der Waals surface area (Å²) in [6.07, 6.45) is 5.47. The van der Waals surface area contributed by atoms with Crippen LogP contribution in [0.15, 0.2) is 67.0 Å². The van der Waals surface area contributed by atoms with Gasteiger partial charge in [-0.25, -0.2) is 9.97 Å². The van der Waals surface area contributed by atoms with Crippen LogP contribution >= 0.6 is 0 Å². The SMILES string of the molecule is O=C(Cc1cccc2ccccc12)Nc1cc(C2CC(Oc3ncccn3)C2)[nH]n1. The zero-order valence-electron chi connectivity index (χ0n) is 16.3. The summed E-state index contributed by atoms with van der Waals surface area (Å²) in [6.45, 7) is 0. The molecule has 0 atom stereocenters. The van der Waals surface area contributed by atoms with Crippen molar-refractivity contribution in [2.75, 3.05) is 5.32 Å². The number of anilines is 1. The van der Waals surface area contributed by atoms with Gasteiger partial charge in [0.15, 0.2) is 5.82 Å². The molecule has 0 unspecified atom stereocenters. The molecule has 1 fully saturated rings. The quantitative estimate of drug-likeness (QED) is 0.514. The first-order chi connectivity index (χ1) is 14.7. The highest BCUT2D eigenvalue weighted by Crippen LogP contribution is 2.38. The van der Waals surface area contributed by atoms with Gasteiger partial charge in [-0.1, -0.05) is 42.5 Å². The first-order valence-corrected chi connectivity index (χ1v) is 10.00. The van der Waals surface area contributed by atoms with Gasteiger partial charge in [-0.3, -0.25) is 9.89 Å². The van der Waals surface area contributed by atoms with E-state index in [1.54, 1.807) is 18.5 Å². The van der Waals surface area contributed by atoms with Crippen molar-refractivity contribution in [3.63, 3.8) is 0 Å². The van der Waals surface area contributed by atoms with Crippen molar-refractivity contribution in [2.45, 2.75) is 31.3 Å². The van der Waals surface area contributed by atoms with Crippen molar-refractivity contribution >= 4 is 22.5 Å². The van der Waals surface area contributed by atoms with Crippen LogP contribution in [0.3, 0.4) is 0 Å². The molecule has 1 amide bonds. The van der Waals surface area contributed by atoms with Crippen LogP contribution in [0, 0.1) is 0 Å². The molecular formula is C23H21N5O2. The average molecular weight is 399 g/mol. The van der Waals surface area contributed by atoms with Crippen LogP contribution < -0.4 is 10.1 Å². The van der Waals surface area contributed by atoms with Crippen LogP contribution in [0.25, 0.3) is 10.8 Å². The summed E-state index contributed by atoms with van der Waals surface area (Å²) >= 11 is 0. The van der Waals surface area contributed by atoms with Crippen molar-refractivity contribution in [3.8, 4) is 6.01 Å². The van der Waals surface area contributed by atoms with E-state index in [1.807, 2.05) is 36.4 Å². The minimum atomic E-state index is -0.0829. The highest BCUT2D eigenvalue weighted by Gasteiger charge is 2.34. The first kappa shape index (κ1) is 18.3. The van der Waals surface area contributed by atoms with E-state index in [0.717, 1.165) is 34.9 Å². The lowest BCUT2D eigenvalue weighted by atomic mass is 9.80. The molecule has 0 saturated heterocycles. The third-order valence-electron chi connectivity index (χ3n) is 5.44. The molecule has 7 heteroatoms. The Morgan fingerprint density at radius 3 is 2.73 bits per heavy atom. The van der Waals surface area contributed by atoms with Gasteiger partial charge in [0.1, 0.15) is 6.10 Å². The van der Waals surface area contributed by atoms with Crippen LogP contribution in [0.4, 0.5) is 5.82 Å². The number of nitrogens with zero attached hydrogens (tertiary/aromatic N) is 3. The fourth-order valence-electron chi connectivity index (χ4n) is 3.83. The number of H-pyrrole nitrogens is 1. The zero-order chi connectivity index (χ0) is 20.3. The fourth-order valence-corrected chi connectivity index (χ4v) is 3.83. The van der Waals surface area contributed by atoms with Crippen LogP contribution in [0.2, 0.25) is 0 Å². The van der Waals surface area contributed by atoms with E-state index in [0.29, 0.717) is 24.2 Å². The fraction of sp³-hybridized carbons (Fsp3) is 0.217. The number of amides is 1. The molecule has 5 rings (SSSR count). The van der Waals surface area contributed by atoms with E-state index in [2.05, 4.69) is 37.6 Å². The maximum absolute atomic E-state index is 12.5. The van der Waals surface area contributed by atoms with Gasteiger partial charge in [-0.05, 0) is 35.2 Å². The summed E-state index contributed by atoms with van der Waals surface area (Å²) in [7, 11) is 0. The molecule has 0 bridgehead atoms. The third-order valence-corrected chi connectivity index (χ3v) is 5.44. The number of hydrogen-bond acceptors (Lipinski definition) is 5. The Kier molecular flexibility index (Phi) is 4.85. The molecule has 1 aliphatic rings. The number of aromatic amines is 1. The molecule has 0 aliphatic heterocycles. The number of aromatic nitrogens is 4. The van der Waals surface area contributed by atoms with Gasteiger partial charge in [0, 0.05) is 30.1 Å². The summed E-state index contributed by atoms with van der Waals surface area (Å²) in [5, 5.41) is 12.4. The summed E-state index contributed by atoms with van der Waals surface area (Å²) in [5.41, 5.74) is 2.01. The topological polar surface area (TPSA) is 92.8 Å². The van der Waals surface area contributed by atoms with E-state index in [9.17, 15) is 4.79 Å². The lowest BCUT2D eigenvalue weighted by Gasteiger charge is -2.33. The van der Waals surface area contributed by atoms with Gasteiger partial charge >= 0.3 is 6.01 Å². The summed E-state index contributed by atoms with van der Waals surface area (Å²) < 4.78 is 5.75. The first-order valence-electron chi connectivity index (χ1n) is 10.00.